The quantitative estimate of drug-likeness (QED) is 0.374. The highest BCUT2D eigenvalue weighted by molar-refractivity contribution is 5.58. The summed E-state index contributed by atoms with van der Waals surface area (Å²) in [5.74, 6) is 0.348. The summed E-state index contributed by atoms with van der Waals surface area (Å²) in [7, 11) is 0. The molecule has 0 unspecified atom stereocenters. The summed E-state index contributed by atoms with van der Waals surface area (Å²) in [5.41, 5.74) is 2.38. The van der Waals surface area contributed by atoms with E-state index in [9.17, 15) is 0 Å². The van der Waals surface area contributed by atoms with Gasteiger partial charge in [0.25, 0.3) is 0 Å². The van der Waals surface area contributed by atoms with E-state index < -0.39 is 0 Å². The fraction of sp³-hybridized carbons (Fsp3) is 0.154. The van der Waals surface area contributed by atoms with Gasteiger partial charge in [-0.3, -0.25) is 0 Å². The highest BCUT2D eigenvalue weighted by Crippen LogP contribution is 2.22. The third-order valence-electron chi connectivity index (χ3n) is 2.08. The lowest BCUT2D eigenvalue weighted by Gasteiger charge is -2.08. The van der Waals surface area contributed by atoms with Crippen molar-refractivity contribution in [2.45, 2.75) is 13.8 Å². The second-order valence-electron chi connectivity index (χ2n) is 3.53. The number of aryl methyl sites for hydroxylation is 1. The molecule has 0 saturated carbocycles. The molecule has 0 aliphatic heterocycles. The number of allylic oxidation sites excluding steroid dienone is 1. The lowest BCUT2D eigenvalue weighted by molar-refractivity contribution is -0.230. The number of hydrogen-bond acceptors (Lipinski definition) is 4. The average molecular weight is 231 g/mol. The van der Waals surface area contributed by atoms with Crippen LogP contribution in [0, 0.1) is 18.3 Å². The predicted molar refractivity (Wildman–Crippen MR) is 63.9 cm³/mol. The Morgan fingerprint density at radius 1 is 1.53 bits per heavy atom. The smallest absolute Gasteiger partial charge is 0.314 e. The minimum Gasteiger partial charge on any atom is -0.424 e. The highest BCUT2D eigenvalue weighted by Gasteiger charge is 2.03. The molecule has 1 N–H and O–H groups in total. The third-order valence-corrected chi connectivity index (χ3v) is 2.08. The van der Waals surface area contributed by atoms with E-state index in [-0.39, 0.29) is 5.95 Å². The molecule has 17 heavy (non-hydrogen) atoms. The van der Waals surface area contributed by atoms with Gasteiger partial charge in [0.2, 0.25) is 0 Å². The van der Waals surface area contributed by atoms with Crippen molar-refractivity contribution in [3.05, 3.63) is 47.4 Å². The van der Waals surface area contributed by atoms with Gasteiger partial charge in [-0.1, -0.05) is 6.07 Å². The zero-order valence-corrected chi connectivity index (χ0v) is 9.73. The van der Waals surface area contributed by atoms with Crippen LogP contribution in [0.3, 0.4) is 0 Å². The summed E-state index contributed by atoms with van der Waals surface area (Å²) < 4.78 is 5.13. The molecule has 0 bridgehead atoms. The van der Waals surface area contributed by atoms with Crippen molar-refractivity contribution in [3.63, 3.8) is 0 Å². The first-order valence-corrected chi connectivity index (χ1v) is 4.94. The maximum Gasteiger partial charge on any atom is 0.314 e. The van der Waals surface area contributed by atoms with Crippen LogP contribution in [0.4, 0.5) is 0 Å². The number of ether oxygens (including phenoxy) is 1. The number of benzene rings is 1. The Morgan fingerprint density at radius 2 is 2.24 bits per heavy atom. The molecule has 88 valence electrons. The van der Waals surface area contributed by atoms with Crippen molar-refractivity contribution >= 4 is 6.08 Å². The molecule has 0 amide bonds. The maximum absolute atomic E-state index is 8.67. The van der Waals surface area contributed by atoms with Crippen LogP contribution in [0.15, 0.2) is 36.3 Å². The molecular formula is C13H13NO3. The van der Waals surface area contributed by atoms with Crippen molar-refractivity contribution in [1.82, 2.24) is 0 Å². The number of nitrogens with zero attached hydrogens (tertiary/aromatic N) is 1. The van der Waals surface area contributed by atoms with E-state index in [0.29, 0.717) is 11.3 Å². The van der Waals surface area contributed by atoms with Gasteiger partial charge in [0.05, 0.1) is 6.07 Å². The average Bonchev–Trinajstić information content (AvgIpc) is 2.32. The molecule has 0 radical (unpaired) electrons. The van der Waals surface area contributed by atoms with Gasteiger partial charge in [-0.05, 0) is 49.8 Å². The van der Waals surface area contributed by atoms with E-state index in [1.54, 1.807) is 25.1 Å². The second-order valence-corrected chi connectivity index (χ2v) is 3.53. The summed E-state index contributed by atoms with van der Waals surface area (Å²) in [6.45, 7) is 6.93. The molecule has 0 heterocycles. The third kappa shape index (κ3) is 3.67. The zero-order chi connectivity index (χ0) is 12.8. The van der Waals surface area contributed by atoms with E-state index in [1.807, 2.05) is 13.0 Å². The SMILES string of the molecule is C=C(OO)Oc1ccc(C=C(C)C#N)cc1C. The van der Waals surface area contributed by atoms with Gasteiger partial charge in [-0.2, -0.15) is 10.5 Å². The fourth-order valence-electron chi connectivity index (χ4n) is 1.30. The first-order valence-electron chi connectivity index (χ1n) is 4.94. The van der Waals surface area contributed by atoms with E-state index in [4.69, 9.17) is 15.3 Å². The molecule has 4 heteroatoms. The van der Waals surface area contributed by atoms with Crippen molar-refractivity contribution in [3.8, 4) is 11.8 Å². The van der Waals surface area contributed by atoms with Gasteiger partial charge in [-0.25, -0.2) is 0 Å². The minimum atomic E-state index is -0.190. The van der Waals surface area contributed by atoms with Crippen LogP contribution in [-0.2, 0) is 4.89 Å². The molecule has 0 aromatic heterocycles. The Kier molecular flexibility index (Phi) is 4.32. The summed E-state index contributed by atoms with van der Waals surface area (Å²) in [4.78, 5) is 3.85. The summed E-state index contributed by atoms with van der Waals surface area (Å²) >= 11 is 0. The largest absolute Gasteiger partial charge is 0.424 e. The van der Waals surface area contributed by atoms with Crippen LogP contribution in [0.25, 0.3) is 6.08 Å². The van der Waals surface area contributed by atoms with Gasteiger partial charge in [0.15, 0.2) is 0 Å². The standard InChI is InChI=1S/C13H13NO3/c1-9(8-14)6-12-4-5-13(10(2)7-12)16-11(3)17-15/h4-7,15H,3H2,1-2H3. The van der Waals surface area contributed by atoms with E-state index >= 15 is 0 Å². The summed E-state index contributed by atoms with van der Waals surface area (Å²) in [5, 5.41) is 17.0. The monoisotopic (exact) mass is 231 g/mol. The molecule has 0 fully saturated rings. The van der Waals surface area contributed by atoms with E-state index in [1.165, 1.54) is 0 Å². The van der Waals surface area contributed by atoms with Crippen LogP contribution in [-0.4, -0.2) is 5.26 Å². The normalized spacial score (nSPS) is 10.6. The highest BCUT2D eigenvalue weighted by atomic mass is 17.1. The van der Waals surface area contributed by atoms with Gasteiger partial charge < -0.3 is 9.62 Å². The lowest BCUT2D eigenvalue weighted by Crippen LogP contribution is -1.97. The molecule has 0 aliphatic carbocycles. The summed E-state index contributed by atoms with van der Waals surface area (Å²) in [6, 6.07) is 7.43. The van der Waals surface area contributed by atoms with Crippen molar-refractivity contribution in [2.24, 2.45) is 0 Å². The molecule has 1 aromatic rings. The molecule has 0 saturated heterocycles. The molecule has 1 rings (SSSR count). The van der Waals surface area contributed by atoms with Crippen molar-refractivity contribution in [1.29, 1.82) is 5.26 Å². The first-order chi connectivity index (χ1) is 8.06. The maximum atomic E-state index is 8.67. The van der Waals surface area contributed by atoms with E-state index in [2.05, 4.69) is 17.5 Å². The molecule has 0 aliphatic rings. The minimum absolute atomic E-state index is 0.190. The topological polar surface area (TPSA) is 62.5 Å². The zero-order valence-electron chi connectivity index (χ0n) is 9.73. The van der Waals surface area contributed by atoms with Crippen LogP contribution >= 0.6 is 0 Å². The van der Waals surface area contributed by atoms with Gasteiger partial charge >= 0.3 is 5.95 Å². The molecule has 0 atom stereocenters. The number of hydrogen-bond donors (Lipinski definition) is 1. The van der Waals surface area contributed by atoms with Gasteiger partial charge in [0, 0.05) is 5.57 Å². The number of rotatable bonds is 4. The Balaban J connectivity index is 2.95. The Hall–Kier alpha value is -2.25. The predicted octanol–water partition coefficient (Wildman–Crippen LogP) is 3.26. The van der Waals surface area contributed by atoms with Crippen LogP contribution in [0.5, 0.6) is 5.75 Å². The van der Waals surface area contributed by atoms with Crippen LogP contribution in [0.1, 0.15) is 18.1 Å². The molecule has 1 aromatic carbocycles. The molecule has 0 spiro atoms. The van der Waals surface area contributed by atoms with Crippen molar-refractivity contribution in [2.75, 3.05) is 0 Å². The van der Waals surface area contributed by atoms with Crippen LogP contribution in [0.2, 0.25) is 0 Å². The number of nitriles is 1. The lowest BCUT2D eigenvalue weighted by atomic mass is 10.1. The van der Waals surface area contributed by atoms with Crippen LogP contribution < -0.4 is 4.74 Å². The first kappa shape index (κ1) is 12.8. The fourth-order valence-corrected chi connectivity index (χ4v) is 1.30. The van der Waals surface area contributed by atoms with Gasteiger partial charge in [-0.15, -0.1) is 0 Å². The Labute approximate surface area is 99.9 Å². The Bertz CT molecular complexity index is 498. The molecular weight excluding hydrogens is 218 g/mol. The Morgan fingerprint density at radius 3 is 2.76 bits per heavy atom. The van der Waals surface area contributed by atoms with Crippen molar-refractivity contribution < 1.29 is 14.9 Å². The van der Waals surface area contributed by atoms with Gasteiger partial charge in [0.1, 0.15) is 5.75 Å². The summed E-state index contributed by atoms with van der Waals surface area (Å²) in [6.07, 6.45) is 1.77. The van der Waals surface area contributed by atoms with E-state index in [0.717, 1.165) is 11.1 Å². The second kappa shape index (κ2) is 5.73. The molecule has 4 nitrogen and oxygen atoms in total.